The summed E-state index contributed by atoms with van der Waals surface area (Å²) in [4.78, 5) is 2.69. The molecule has 0 spiro atoms. The lowest BCUT2D eigenvalue weighted by atomic mass is 9.96. The Morgan fingerprint density at radius 1 is 1.19 bits per heavy atom. The average Bonchev–Trinajstić information content (AvgIpc) is 2.19. The highest BCUT2D eigenvalue weighted by molar-refractivity contribution is 4.87. The Kier molecular flexibility index (Phi) is 5.26. The van der Waals surface area contributed by atoms with E-state index >= 15 is 0 Å². The minimum atomic E-state index is 0.681. The maximum Gasteiger partial charge on any atom is 0.0198 e. The summed E-state index contributed by atoms with van der Waals surface area (Å²) in [5.41, 5.74) is 0. The third-order valence-electron chi connectivity index (χ3n) is 3.94. The molecule has 1 heterocycles. The Balaban J connectivity index is 2.54. The van der Waals surface area contributed by atoms with E-state index in [4.69, 9.17) is 0 Å². The molecule has 0 aromatic rings. The summed E-state index contributed by atoms with van der Waals surface area (Å²) >= 11 is 0. The van der Waals surface area contributed by atoms with E-state index < -0.39 is 0 Å². The predicted molar refractivity (Wildman–Crippen MR) is 71.7 cm³/mol. The molecule has 1 aliphatic rings. The minimum Gasteiger partial charge on any atom is -0.311 e. The molecule has 3 atom stereocenters. The molecule has 0 saturated carbocycles. The second kappa shape index (κ2) is 6.02. The van der Waals surface area contributed by atoms with Gasteiger partial charge >= 0.3 is 0 Å². The first-order chi connectivity index (χ1) is 7.41. The van der Waals surface area contributed by atoms with E-state index in [9.17, 15) is 0 Å². The fourth-order valence-corrected chi connectivity index (χ4v) is 2.63. The summed E-state index contributed by atoms with van der Waals surface area (Å²) in [6, 6.07) is 2.07. The highest BCUT2D eigenvalue weighted by atomic mass is 15.2. The monoisotopic (exact) mass is 226 g/mol. The van der Waals surface area contributed by atoms with Crippen molar-refractivity contribution in [2.75, 3.05) is 13.1 Å². The van der Waals surface area contributed by atoms with Gasteiger partial charge in [0.05, 0.1) is 0 Å². The fraction of sp³-hybridized carbons (Fsp3) is 1.00. The highest BCUT2D eigenvalue weighted by Gasteiger charge is 2.29. The summed E-state index contributed by atoms with van der Waals surface area (Å²) in [6.07, 6.45) is 1.30. The lowest BCUT2D eigenvalue weighted by Crippen LogP contribution is -2.59. The second-order valence-corrected chi connectivity index (χ2v) is 6.27. The molecule has 1 N–H and O–H groups in total. The second-order valence-electron chi connectivity index (χ2n) is 6.27. The van der Waals surface area contributed by atoms with Crippen molar-refractivity contribution in [3.63, 3.8) is 0 Å². The molecule has 2 nitrogen and oxygen atoms in total. The zero-order chi connectivity index (χ0) is 12.3. The number of rotatable bonds is 4. The zero-order valence-corrected chi connectivity index (χ0v) is 12.0. The lowest BCUT2D eigenvalue weighted by molar-refractivity contribution is 0.0711. The number of hydrogen-bond donors (Lipinski definition) is 1. The highest BCUT2D eigenvalue weighted by Crippen LogP contribution is 2.19. The fourth-order valence-electron chi connectivity index (χ4n) is 2.63. The Morgan fingerprint density at radius 2 is 1.81 bits per heavy atom. The number of nitrogens with zero attached hydrogens (tertiary/aromatic N) is 1. The van der Waals surface area contributed by atoms with Crippen LogP contribution in [0.3, 0.4) is 0 Å². The van der Waals surface area contributed by atoms with Crippen molar-refractivity contribution < 1.29 is 0 Å². The maximum absolute atomic E-state index is 3.68. The first kappa shape index (κ1) is 14.0. The van der Waals surface area contributed by atoms with Gasteiger partial charge in [0.2, 0.25) is 0 Å². The van der Waals surface area contributed by atoms with E-state index in [-0.39, 0.29) is 0 Å². The van der Waals surface area contributed by atoms with Crippen molar-refractivity contribution >= 4 is 0 Å². The minimum absolute atomic E-state index is 0.681. The van der Waals surface area contributed by atoms with E-state index in [1.54, 1.807) is 0 Å². The van der Waals surface area contributed by atoms with Crippen LogP contribution in [0.1, 0.15) is 48.0 Å². The van der Waals surface area contributed by atoms with Gasteiger partial charge in [0.1, 0.15) is 0 Å². The quantitative estimate of drug-likeness (QED) is 0.793. The molecule has 0 aromatic heterocycles. The van der Waals surface area contributed by atoms with Crippen molar-refractivity contribution in [1.82, 2.24) is 10.2 Å². The summed E-state index contributed by atoms with van der Waals surface area (Å²) in [5.74, 6) is 1.54. The first-order valence-corrected chi connectivity index (χ1v) is 6.91. The van der Waals surface area contributed by atoms with Crippen LogP contribution >= 0.6 is 0 Å². The van der Waals surface area contributed by atoms with Crippen LogP contribution in [-0.2, 0) is 0 Å². The summed E-state index contributed by atoms with van der Waals surface area (Å²) in [5, 5.41) is 3.68. The Hall–Kier alpha value is -0.0800. The van der Waals surface area contributed by atoms with E-state index in [0.717, 1.165) is 18.4 Å². The molecule has 1 aliphatic heterocycles. The predicted octanol–water partition coefficient (Wildman–Crippen LogP) is 2.74. The van der Waals surface area contributed by atoms with Crippen LogP contribution in [0.5, 0.6) is 0 Å². The van der Waals surface area contributed by atoms with Gasteiger partial charge in [0, 0.05) is 31.2 Å². The Morgan fingerprint density at radius 3 is 2.31 bits per heavy atom. The Labute approximate surface area is 102 Å². The van der Waals surface area contributed by atoms with Gasteiger partial charge in [0.15, 0.2) is 0 Å². The smallest absolute Gasteiger partial charge is 0.0198 e. The first-order valence-electron chi connectivity index (χ1n) is 6.91. The molecule has 1 fully saturated rings. The molecule has 0 aromatic carbocycles. The molecule has 2 heteroatoms. The van der Waals surface area contributed by atoms with Gasteiger partial charge in [-0.3, -0.25) is 4.90 Å². The standard InChI is InChI=1S/C14H30N2/c1-10(2)7-14-9-16(12(5)8-15-14)13(6)11(3)4/h10-15H,7-9H2,1-6H3. The summed E-state index contributed by atoms with van der Waals surface area (Å²) in [7, 11) is 0. The molecule has 96 valence electrons. The van der Waals surface area contributed by atoms with Crippen molar-refractivity contribution in [2.45, 2.75) is 66.1 Å². The van der Waals surface area contributed by atoms with Crippen LogP contribution in [0.2, 0.25) is 0 Å². The van der Waals surface area contributed by atoms with E-state index in [1.165, 1.54) is 13.0 Å². The Bertz CT molecular complexity index is 201. The average molecular weight is 226 g/mol. The van der Waals surface area contributed by atoms with Crippen LogP contribution in [0.15, 0.2) is 0 Å². The van der Waals surface area contributed by atoms with Crippen molar-refractivity contribution in [3.05, 3.63) is 0 Å². The largest absolute Gasteiger partial charge is 0.311 e. The maximum atomic E-state index is 3.68. The lowest BCUT2D eigenvalue weighted by Gasteiger charge is -2.44. The van der Waals surface area contributed by atoms with Crippen LogP contribution in [0.25, 0.3) is 0 Å². The molecule has 0 bridgehead atoms. The van der Waals surface area contributed by atoms with E-state index in [0.29, 0.717) is 18.1 Å². The third-order valence-corrected chi connectivity index (χ3v) is 3.94. The summed E-state index contributed by atoms with van der Waals surface area (Å²) in [6.45, 7) is 16.4. The molecule has 0 amide bonds. The van der Waals surface area contributed by atoms with Crippen LogP contribution in [0.4, 0.5) is 0 Å². The number of nitrogens with one attached hydrogen (secondary N) is 1. The van der Waals surface area contributed by atoms with Gasteiger partial charge in [-0.25, -0.2) is 0 Å². The SMILES string of the molecule is CC(C)CC1CN(C(C)C(C)C)C(C)CN1. The van der Waals surface area contributed by atoms with Gasteiger partial charge in [0.25, 0.3) is 0 Å². The zero-order valence-electron chi connectivity index (χ0n) is 12.0. The van der Waals surface area contributed by atoms with Crippen LogP contribution in [-0.4, -0.2) is 36.1 Å². The van der Waals surface area contributed by atoms with Crippen LogP contribution < -0.4 is 5.32 Å². The van der Waals surface area contributed by atoms with Crippen LogP contribution in [0, 0.1) is 11.8 Å². The molecule has 3 unspecified atom stereocenters. The van der Waals surface area contributed by atoms with E-state index in [2.05, 4.69) is 51.8 Å². The van der Waals surface area contributed by atoms with Gasteiger partial charge in [-0.2, -0.15) is 0 Å². The molecule has 0 radical (unpaired) electrons. The van der Waals surface area contributed by atoms with Gasteiger partial charge in [-0.1, -0.05) is 27.7 Å². The topological polar surface area (TPSA) is 15.3 Å². The summed E-state index contributed by atoms with van der Waals surface area (Å²) < 4.78 is 0. The molecule has 1 rings (SSSR count). The number of hydrogen-bond acceptors (Lipinski definition) is 2. The van der Waals surface area contributed by atoms with Crippen molar-refractivity contribution in [3.8, 4) is 0 Å². The molecular formula is C14H30N2. The normalized spacial score (nSPS) is 30.0. The van der Waals surface area contributed by atoms with Crippen molar-refractivity contribution in [1.29, 1.82) is 0 Å². The van der Waals surface area contributed by atoms with Gasteiger partial charge in [-0.05, 0) is 32.1 Å². The molecular weight excluding hydrogens is 196 g/mol. The molecule has 1 saturated heterocycles. The number of piperazine rings is 1. The molecule has 0 aliphatic carbocycles. The van der Waals surface area contributed by atoms with Gasteiger partial charge in [-0.15, -0.1) is 0 Å². The van der Waals surface area contributed by atoms with E-state index in [1.807, 2.05) is 0 Å². The third kappa shape index (κ3) is 3.74. The van der Waals surface area contributed by atoms with Gasteiger partial charge < -0.3 is 5.32 Å². The molecule has 16 heavy (non-hydrogen) atoms. The van der Waals surface area contributed by atoms with Crippen molar-refractivity contribution in [2.24, 2.45) is 11.8 Å².